The van der Waals surface area contributed by atoms with Gasteiger partial charge in [0.15, 0.2) is 102 Å². The molecule has 0 aliphatic heterocycles. The third-order valence-electron chi connectivity index (χ3n) is 4.80. The average Bonchev–Trinajstić information content (AvgIpc) is 2.99. The summed E-state index contributed by atoms with van der Waals surface area (Å²) >= 11 is 0. The van der Waals surface area contributed by atoms with Crippen molar-refractivity contribution in [3.8, 4) is 0 Å². The van der Waals surface area contributed by atoms with Gasteiger partial charge in [-0.3, -0.25) is 0 Å². The molecule has 0 unspecified atom stereocenters. The second-order valence-electron chi connectivity index (χ2n) is 8.13. The van der Waals surface area contributed by atoms with Gasteiger partial charge in [-0.1, -0.05) is 0 Å². The first kappa shape index (κ1) is 51.7. The van der Waals surface area contributed by atoms with Crippen molar-refractivity contribution < 1.29 is 101 Å². The molecule has 0 aromatic heterocycles. The average molecular weight is 713 g/mol. The van der Waals surface area contributed by atoms with Gasteiger partial charge in [0.25, 0.3) is 0 Å². The first-order valence-electron chi connectivity index (χ1n) is 10.9. The molecule has 0 aliphatic rings. The van der Waals surface area contributed by atoms with E-state index in [-0.39, 0.29) is 102 Å². The van der Waals surface area contributed by atoms with E-state index >= 15 is 0 Å². The van der Waals surface area contributed by atoms with Crippen molar-refractivity contribution in [2.24, 2.45) is 0 Å². The van der Waals surface area contributed by atoms with Gasteiger partial charge in [-0.25, -0.2) is 0 Å². The number of aliphatic hydroxyl groups is 16. The molecular formula is C16H48O20P4Si. The molecule has 0 rings (SSSR count). The van der Waals surface area contributed by atoms with Gasteiger partial charge >= 0.3 is 0 Å². The topological polar surface area (TPSA) is 416 Å². The molecule has 16 N–H and O–H groups in total. The molecule has 0 bridgehead atoms. The number of rotatable bonds is 16. The van der Waals surface area contributed by atoms with Crippen LogP contribution >= 0.6 is 29.0 Å². The zero-order chi connectivity index (χ0) is 33.8. The summed E-state index contributed by atoms with van der Waals surface area (Å²) in [4.78, 5) is 34.3. The summed E-state index contributed by atoms with van der Waals surface area (Å²) in [5.74, 6) is 0. The summed E-state index contributed by atoms with van der Waals surface area (Å²) in [6, 6.07) is 0. The zero-order valence-electron chi connectivity index (χ0n) is 22.4. The molecule has 0 radical (unpaired) electrons. The van der Waals surface area contributed by atoms with Crippen LogP contribution in [0.2, 0.25) is 0 Å². The molecule has 0 heterocycles. The lowest BCUT2D eigenvalue weighted by Crippen LogP contribution is -2.82. The maximum atomic E-state index is 8.58. The Bertz CT molecular complexity index is 380. The Morgan fingerprint density at radius 2 is 0.293 bits per heavy atom. The van der Waals surface area contributed by atoms with Crippen molar-refractivity contribution in [2.75, 3.05) is 102 Å². The molecule has 0 atom stereocenters. The molecule has 0 amide bonds. The summed E-state index contributed by atoms with van der Waals surface area (Å²) in [6.45, 7) is 0. The van der Waals surface area contributed by atoms with Crippen LogP contribution in [-0.4, -0.2) is 192 Å². The van der Waals surface area contributed by atoms with E-state index in [0.717, 1.165) is 0 Å². The molecule has 0 saturated heterocycles. The molecule has 0 saturated carbocycles. The molecule has 256 valence electrons. The van der Waals surface area contributed by atoms with Gasteiger partial charge in [-0.15, -0.1) is 0 Å². The van der Waals surface area contributed by atoms with E-state index in [9.17, 15) is 0 Å². The van der Waals surface area contributed by atoms with Crippen LogP contribution in [0.3, 0.4) is 0 Å². The minimum atomic E-state index is -5.61. The number of hydrogen-bond acceptors (Lipinski definition) is 20. The summed E-state index contributed by atoms with van der Waals surface area (Å²) < 4.78 is 0. The molecule has 0 aromatic rings. The maximum absolute atomic E-state index is 8.58. The molecule has 20 nitrogen and oxygen atoms in total. The second kappa shape index (κ2) is 29.8. The van der Waals surface area contributed by atoms with Crippen molar-refractivity contribution in [3.63, 3.8) is 0 Å². The van der Waals surface area contributed by atoms with Crippen LogP contribution in [0.4, 0.5) is 0 Å². The Labute approximate surface area is 240 Å². The van der Waals surface area contributed by atoms with Crippen molar-refractivity contribution in [1.82, 2.24) is 0 Å². The van der Waals surface area contributed by atoms with Gasteiger partial charge in [0.2, 0.25) is 0 Å². The van der Waals surface area contributed by atoms with E-state index in [1.807, 2.05) is 0 Å². The fraction of sp³-hybridized carbons (Fsp3) is 1.00. The summed E-state index contributed by atoms with van der Waals surface area (Å²) in [5.41, 5.74) is 0. The summed E-state index contributed by atoms with van der Waals surface area (Å²) in [6.07, 6.45) is -4.72. The van der Waals surface area contributed by atoms with Crippen molar-refractivity contribution in [2.45, 2.75) is 0 Å². The number of hydrogen-bond donors (Lipinski definition) is 16. The Morgan fingerprint density at radius 3 is 0.293 bits per heavy atom. The van der Waals surface area contributed by atoms with Crippen LogP contribution < -0.4 is 19.2 Å². The lowest BCUT2D eigenvalue weighted by molar-refractivity contribution is -0.624. The Balaban J connectivity index is -0.000000133. The lowest BCUT2D eigenvalue weighted by Gasteiger charge is -2.67. The van der Waals surface area contributed by atoms with Gasteiger partial charge in [0.1, 0.15) is 29.0 Å². The standard InChI is InChI=1S/4C4H12O4P.O4Si/c4*5-1-9(2-6,3-7)4-8;1-5(2,3)4/h4*5-8H,1-4H2;/q4*+1;-4. The third kappa shape index (κ3) is 26.1. The molecule has 0 spiro atoms. The van der Waals surface area contributed by atoms with Crippen LogP contribution in [0, 0.1) is 0 Å². The minimum Gasteiger partial charge on any atom is -0.894 e. The fourth-order valence-corrected chi connectivity index (χ4v) is 3.22. The quantitative estimate of drug-likeness (QED) is 0.0521. The third-order valence-corrected chi connectivity index (χ3v) is 14.4. The molecule has 41 heavy (non-hydrogen) atoms. The van der Waals surface area contributed by atoms with E-state index in [2.05, 4.69) is 0 Å². The van der Waals surface area contributed by atoms with Crippen molar-refractivity contribution >= 4 is 38.1 Å². The van der Waals surface area contributed by atoms with E-state index < -0.39 is 38.1 Å². The molecule has 0 aromatic carbocycles. The monoisotopic (exact) mass is 712 g/mol. The highest BCUT2D eigenvalue weighted by atomic mass is 31.2. The highest BCUT2D eigenvalue weighted by Gasteiger charge is 2.36. The predicted octanol–water partition coefficient (Wildman–Crippen LogP) is -9.92. The van der Waals surface area contributed by atoms with E-state index in [1.165, 1.54) is 0 Å². The molecule has 25 heteroatoms. The van der Waals surface area contributed by atoms with Crippen molar-refractivity contribution in [1.29, 1.82) is 0 Å². The molecular weight excluding hydrogens is 664 g/mol. The van der Waals surface area contributed by atoms with Crippen LogP contribution in [0.1, 0.15) is 0 Å². The summed E-state index contributed by atoms with van der Waals surface area (Å²) in [5, 5.41) is 137. The maximum Gasteiger partial charge on any atom is 0.161 e. The van der Waals surface area contributed by atoms with E-state index in [4.69, 9.17) is 101 Å². The van der Waals surface area contributed by atoms with Crippen LogP contribution in [0.15, 0.2) is 0 Å². The van der Waals surface area contributed by atoms with Crippen molar-refractivity contribution in [3.05, 3.63) is 0 Å². The van der Waals surface area contributed by atoms with Gasteiger partial charge in [0.05, 0.1) is 0 Å². The van der Waals surface area contributed by atoms with E-state index in [0.29, 0.717) is 0 Å². The van der Waals surface area contributed by atoms with E-state index in [1.54, 1.807) is 0 Å². The second-order valence-corrected chi connectivity index (χ2v) is 24.4. The van der Waals surface area contributed by atoms with Crippen LogP contribution in [0.5, 0.6) is 0 Å². The summed E-state index contributed by atoms with van der Waals surface area (Å²) in [7, 11) is -14.4. The van der Waals surface area contributed by atoms with Crippen LogP contribution in [0.25, 0.3) is 0 Å². The number of aliphatic hydroxyl groups excluding tert-OH is 16. The van der Waals surface area contributed by atoms with Crippen LogP contribution in [-0.2, 0) is 0 Å². The highest BCUT2D eigenvalue weighted by molar-refractivity contribution is 7.76. The highest BCUT2D eigenvalue weighted by Crippen LogP contribution is 2.56. The fourth-order valence-electron chi connectivity index (χ4n) is 1.07. The minimum absolute atomic E-state index is 0.295. The normalized spacial score (nSPS) is 12.0. The Kier molecular flexibility index (Phi) is 37.6. The Morgan fingerprint density at radius 1 is 0.244 bits per heavy atom. The first-order chi connectivity index (χ1) is 19.0. The first-order valence-corrected chi connectivity index (χ1v) is 22.7. The van der Waals surface area contributed by atoms with Gasteiger partial charge in [-0.2, -0.15) is 0 Å². The smallest absolute Gasteiger partial charge is 0.161 e. The molecule has 0 aliphatic carbocycles. The van der Waals surface area contributed by atoms with Gasteiger partial charge in [-0.05, 0) is 0 Å². The van der Waals surface area contributed by atoms with Gasteiger partial charge in [0, 0.05) is 0 Å². The zero-order valence-corrected chi connectivity index (χ0v) is 27.0. The Hall–Kier alpha value is 1.14. The molecule has 0 fully saturated rings. The SMILES string of the molecule is OC[P+](CO)(CO)CO.OC[P+](CO)(CO)CO.OC[P+](CO)(CO)CO.OC[P+](CO)(CO)CO.[O-][Si]([O-])([O-])[O-]. The largest absolute Gasteiger partial charge is 0.894 e. The predicted molar refractivity (Wildman–Crippen MR) is 147 cm³/mol. The lowest BCUT2D eigenvalue weighted by atomic mass is 11.6. The van der Waals surface area contributed by atoms with Gasteiger partial charge < -0.3 is 110 Å².